The van der Waals surface area contributed by atoms with E-state index in [0.29, 0.717) is 20.9 Å². The van der Waals surface area contributed by atoms with Crippen LogP contribution in [0.25, 0.3) is 21.8 Å². The average molecular weight is 293 g/mol. The summed E-state index contributed by atoms with van der Waals surface area (Å²) in [6.07, 6.45) is 0. The van der Waals surface area contributed by atoms with Crippen LogP contribution in [0, 0.1) is 10.1 Å². The summed E-state index contributed by atoms with van der Waals surface area (Å²) >= 11 is 12.4. The smallest absolute Gasteiger partial charge is 0.258 e. The van der Waals surface area contributed by atoms with E-state index in [4.69, 9.17) is 23.2 Å². The van der Waals surface area contributed by atoms with Crippen LogP contribution in [-0.4, -0.2) is 9.91 Å². The van der Waals surface area contributed by atoms with Crippen molar-refractivity contribution in [1.29, 1.82) is 0 Å². The van der Waals surface area contributed by atoms with Crippen LogP contribution in [0.4, 0.5) is 5.69 Å². The summed E-state index contributed by atoms with van der Waals surface area (Å²) in [5, 5.41) is 12.9. The van der Waals surface area contributed by atoms with Gasteiger partial charge in [0.2, 0.25) is 0 Å². The summed E-state index contributed by atoms with van der Waals surface area (Å²) in [5.74, 6) is 0. The highest BCUT2D eigenvalue weighted by molar-refractivity contribution is 6.45. The number of hydrogen-bond acceptors (Lipinski definition) is 3. The Morgan fingerprint density at radius 2 is 1.84 bits per heavy atom. The number of nitro groups is 1. The first-order chi connectivity index (χ1) is 9.09. The highest BCUT2D eigenvalue weighted by Crippen LogP contribution is 2.38. The van der Waals surface area contributed by atoms with Gasteiger partial charge in [-0.1, -0.05) is 41.4 Å². The number of non-ortho nitro benzene ring substituents is 1. The number of fused-ring (bicyclic) bond motifs is 2. The lowest BCUT2D eigenvalue weighted by atomic mass is 10.1. The molecule has 0 saturated carbocycles. The Morgan fingerprint density at radius 1 is 1.11 bits per heavy atom. The number of nitrogens with zero attached hydrogens (tertiary/aromatic N) is 2. The highest BCUT2D eigenvalue weighted by Gasteiger charge is 2.19. The van der Waals surface area contributed by atoms with Gasteiger partial charge in [0.25, 0.3) is 5.69 Å². The summed E-state index contributed by atoms with van der Waals surface area (Å²) in [6, 6.07) is 9.98. The summed E-state index contributed by atoms with van der Waals surface area (Å²) < 4.78 is 0. The van der Waals surface area contributed by atoms with Gasteiger partial charge in [0.1, 0.15) is 0 Å². The van der Waals surface area contributed by atoms with Gasteiger partial charge < -0.3 is 0 Å². The van der Waals surface area contributed by atoms with Gasteiger partial charge in [-0.05, 0) is 12.1 Å². The second kappa shape index (κ2) is 4.33. The van der Waals surface area contributed by atoms with Gasteiger partial charge in [0.15, 0.2) is 5.52 Å². The van der Waals surface area contributed by atoms with Gasteiger partial charge >= 0.3 is 0 Å². The maximum atomic E-state index is 11.1. The topological polar surface area (TPSA) is 56.0 Å². The Morgan fingerprint density at radius 3 is 2.58 bits per heavy atom. The maximum absolute atomic E-state index is 11.1. The first-order valence-corrected chi connectivity index (χ1v) is 6.16. The quantitative estimate of drug-likeness (QED) is 0.374. The SMILES string of the molecule is O=[N+]([O-])c1ccc(Cl)c2c(Cl)c3ccccc3nc12. The lowest BCUT2D eigenvalue weighted by Gasteiger charge is -2.07. The minimum Gasteiger partial charge on any atom is -0.258 e. The average Bonchev–Trinajstić information content (AvgIpc) is 2.38. The molecule has 0 aliphatic rings. The summed E-state index contributed by atoms with van der Waals surface area (Å²) in [7, 11) is 0. The Hall–Kier alpha value is -1.91. The van der Waals surface area contributed by atoms with E-state index in [1.54, 1.807) is 18.2 Å². The largest absolute Gasteiger partial charge is 0.295 e. The van der Waals surface area contributed by atoms with Gasteiger partial charge in [-0.3, -0.25) is 10.1 Å². The molecule has 0 bridgehead atoms. The number of halogens is 2. The number of rotatable bonds is 1. The molecular formula is C13H6Cl2N2O2. The van der Waals surface area contributed by atoms with Gasteiger partial charge in [0.05, 0.1) is 20.5 Å². The number of aromatic nitrogens is 1. The molecule has 4 nitrogen and oxygen atoms in total. The third-order valence-electron chi connectivity index (χ3n) is 2.89. The van der Waals surface area contributed by atoms with E-state index < -0.39 is 4.92 Å². The van der Waals surface area contributed by atoms with E-state index in [1.165, 1.54) is 12.1 Å². The molecule has 0 aliphatic heterocycles. The molecule has 0 saturated heterocycles. The molecule has 0 unspecified atom stereocenters. The normalized spacial score (nSPS) is 11.1. The van der Waals surface area contributed by atoms with Crippen LogP contribution < -0.4 is 0 Å². The number of pyridine rings is 1. The minimum atomic E-state index is -0.489. The number of benzene rings is 2. The van der Waals surface area contributed by atoms with Crippen LogP contribution in [0.2, 0.25) is 10.0 Å². The molecule has 0 atom stereocenters. The van der Waals surface area contributed by atoms with E-state index >= 15 is 0 Å². The first kappa shape index (κ1) is 12.1. The molecule has 0 amide bonds. The van der Waals surface area contributed by atoms with Crippen LogP contribution >= 0.6 is 23.2 Å². The van der Waals surface area contributed by atoms with Crippen LogP contribution in [0.3, 0.4) is 0 Å². The molecule has 94 valence electrons. The molecule has 0 fully saturated rings. The third kappa shape index (κ3) is 1.80. The third-order valence-corrected chi connectivity index (χ3v) is 3.60. The molecule has 0 radical (unpaired) electrons. The van der Waals surface area contributed by atoms with Crippen molar-refractivity contribution < 1.29 is 4.92 Å². The summed E-state index contributed by atoms with van der Waals surface area (Å²) in [4.78, 5) is 14.9. The van der Waals surface area contributed by atoms with E-state index in [1.807, 2.05) is 6.07 Å². The van der Waals surface area contributed by atoms with Crippen LogP contribution in [0.1, 0.15) is 0 Å². The zero-order valence-corrected chi connectivity index (χ0v) is 10.9. The van der Waals surface area contributed by atoms with Gasteiger partial charge in [-0.2, -0.15) is 0 Å². The number of para-hydroxylation sites is 1. The van der Waals surface area contributed by atoms with Crippen molar-refractivity contribution in [2.24, 2.45) is 0 Å². The monoisotopic (exact) mass is 292 g/mol. The molecule has 1 heterocycles. The lowest BCUT2D eigenvalue weighted by molar-refractivity contribution is -0.383. The second-order valence-electron chi connectivity index (χ2n) is 3.99. The number of nitro benzene ring substituents is 1. The molecule has 3 rings (SSSR count). The Labute approximate surface area is 117 Å². The fraction of sp³-hybridized carbons (Fsp3) is 0. The Bertz CT molecular complexity index is 834. The molecule has 0 spiro atoms. The van der Waals surface area contributed by atoms with Gasteiger partial charge in [-0.25, -0.2) is 4.98 Å². The van der Waals surface area contributed by atoms with E-state index in [2.05, 4.69) is 4.98 Å². The van der Waals surface area contributed by atoms with E-state index in [9.17, 15) is 10.1 Å². The van der Waals surface area contributed by atoms with Gasteiger partial charge in [0, 0.05) is 16.8 Å². The Balaban J connectivity index is 2.60. The molecular weight excluding hydrogens is 287 g/mol. The fourth-order valence-electron chi connectivity index (χ4n) is 2.04. The summed E-state index contributed by atoms with van der Waals surface area (Å²) in [6.45, 7) is 0. The molecule has 1 aromatic heterocycles. The maximum Gasteiger partial charge on any atom is 0.295 e. The molecule has 3 aromatic rings. The van der Waals surface area contributed by atoms with Crippen LogP contribution in [0.5, 0.6) is 0 Å². The lowest BCUT2D eigenvalue weighted by Crippen LogP contribution is -1.93. The predicted molar refractivity (Wildman–Crippen MR) is 75.9 cm³/mol. The highest BCUT2D eigenvalue weighted by atomic mass is 35.5. The fourth-order valence-corrected chi connectivity index (χ4v) is 2.68. The van der Waals surface area contributed by atoms with Crippen molar-refractivity contribution >= 4 is 50.7 Å². The van der Waals surface area contributed by atoms with Crippen LogP contribution in [0.15, 0.2) is 36.4 Å². The van der Waals surface area contributed by atoms with Gasteiger partial charge in [-0.15, -0.1) is 0 Å². The Kier molecular flexibility index (Phi) is 2.77. The first-order valence-electron chi connectivity index (χ1n) is 5.40. The predicted octanol–water partition coefficient (Wildman–Crippen LogP) is 4.60. The summed E-state index contributed by atoms with van der Waals surface area (Å²) in [5.41, 5.74) is 0.707. The minimum absolute atomic E-state index is 0.105. The van der Waals surface area contributed by atoms with Crippen molar-refractivity contribution in [2.75, 3.05) is 0 Å². The van der Waals surface area contributed by atoms with Crippen LogP contribution in [-0.2, 0) is 0 Å². The molecule has 19 heavy (non-hydrogen) atoms. The molecule has 2 aromatic carbocycles. The van der Waals surface area contributed by atoms with Crippen molar-refractivity contribution in [2.45, 2.75) is 0 Å². The van der Waals surface area contributed by atoms with E-state index in [0.717, 1.165) is 5.39 Å². The number of hydrogen-bond donors (Lipinski definition) is 0. The standard InChI is InChI=1S/C13H6Cl2N2O2/c14-8-5-6-10(17(18)19)13-11(8)12(15)7-3-1-2-4-9(7)16-13/h1-6H. The van der Waals surface area contributed by atoms with E-state index in [-0.39, 0.29) is 11.2 Å². The van der Waals surface area contributed by atoms with Crippen molar-refractivity contribution in [3.05, 3.63) is 56.6 Å². The van der Waals surface area contributed by atoms with Crippen molar-refractivity contribution in [1.82, 2.24) is 4.98 Å². The van der Waals surface area contributed by atoms with Crippen molar-refractivity contribution in [3.63, 3.8) is 0 Å². The zero-order valence-electron chi connectivity index (χ0n) is 9.43. The zero-order chi connectivity index (χ0) is 13.6. The van der Waals surface area contributed by atoms with Crippen molar-refractivity contribution in [3.8, 4) is 0 Å². The molecule has 6 heteroatoms. The molecule has 0 N–H and O–H groups in total. The molecule has 0 aliphatic carbocycles. The second-order valence-corrected chi connectivity index (χ2v) is 4.78.